The molecule has 0 N–H and O–H groups in total. The second-order valence-electron chi connectivity index (χ2n) is 11.8. The number of hydrogen-bond donors (Lipinski definition) is 0. The van der Waals surface area contributed by atoms with E-state index >= 15 is 0 Å². The Bertz CT molecular complexity index is 1920. The number of rotatable bonds is 12. The average Bonchev–Trinajstić information content (AvgIpc) is 3.54. The van der Waals surface area contributed by atoms with Crippen LogP contribution in [0.4, 0.5) is 11.4 Å². The lowest BCUT2D eigenvalue weighted by atomic mass is 9.96. The third-order valence-electron chi connectivity index (χ3n) is 8.48. The van der Waals surface area contributed by atoms with E-state index in [0.717, 1.165) is 35.5 Å². The molecule has 0 aliphatic carbocycles. The normalized spacial score (nSPS) is 13.4. The molecule has 0 aromatic heterocycles. The summed E-state index contributed by atoms with van der Waals surface area (Å²) in [6.07, 6.45) is 3.23. The fourth-order valence-electron chi connectivity index (χ4n) is 5.68. The van der Waals surface area contributed by atoms with E-state index in [1.165, 1.54) is 84.9 Å². The van der Waals surface area contributed by atoms with Crippen molar-refractivity contribution in [3.05, 3.63) is 129 Å². The predicted octanol–water partition coefficient (Wildman–Crippen LogP) is 6.43. The zero-order valence-electron chi connectivity index (χ0n) is 27.4. The van der Waals surface area contributed by atoms with Gasteiger partial charge in [-0.2, -0.15) is 0 Å². The van der Waals surface area contributed by atoms with E-state index in [2.05, 4.69) is 0 Å². The molecule has 6 rings (SSSR count). The minimum absolute atomic E-state index is 0.0279. The highest BCUT2D eigenvalue weighted by molar-refractivity contribution is 6.36. The van der Waals surface area contributed by atoms with E-state index < -0.39 is 41.4 Å². The summed E-state index contributed by atoms with van der Waals surface area (Å²) >= 11 is 0. The number of unbranched alkanes of at least 4 members (excludes halogenated alkanes) is 2. The Morgan fingerprint density at radius 1 is 0.480 bits per heavy atom. The summed E-state index contributed by atoms with van der Waals surface area (Å²) in [5, 5.41) is 0. The van der Waals surface area contributed by atoms with Crippen LogP contribution < -0.4 is 9.80 Å². The zero-order chi connectivity index (χ0) is 35.5. The number of esters is 2. The molecule has 0 saturated carbocycles. The van der Waals surface area contributed by atoms with Crippen LogP contribution in [0.5, 0.6) is 0 Å². The van der Waals surface area contributed by atoms with Crippen LogP contribution in [0.1, 0.15) is 118 Å². The largest absolute Gasteiger partial charge is 0.462 e. The Hall–Kier alpha value is -6.23. The first-order valence-corrected chi connectivity index (χ1v) is 16.3. The van der Waals surface area contributed by atoms with Gasteiger partial charge in [-0.25, -0.2) is 19.4 Å². The first kappa shape index (κ1) is 33.7. The van der Waals surface area contributed by atoms with Crippen LogP contribution in [0.3, 0.4) is 0 Å². The van der Waals surface area contributed by atoms with Crippen molar-refractivity contribution in [3.63, 3.8) is 0 Å². The van der Waals surface area contributed by atoms with Crippen LogP contribution in [0, 0.1) is 0 Å². The standard InChI is InChI=1S/C39H32N2O9/c1-3-5-19-49-38(47)23-7-13-27(14-8-23)40-34(43)29-17-11-25(21-31(29)36(40)45)33(42)26-12-18-30-32(22-26)37(46)41(35(30)44)28-15-9-24(10-16-28)39(48)50-20-6-4-2/h7-18,21-22H,3-6,19-20H2,1-2H3. The zero-order valence-corrected chi connectivity index (χ0v) is 27.4. The molecule has 0 saturated heterocycles. The van der Waals surface area contributed by atoms with E-state index in [1.54, 1.807) is 0 Å². The van der Waals surface area contributed by atoms with Gasteiger partial charge in [0.1, 0.15) is 0 Å². The molecule has 0 spiro atoms. The van der Waals surface area contributed by atoms with Gasteiger partial charge in [-0.15, -0.1) is 0 Å². The second kappa shape index (κ2) is 14.1. The van der Waals surface area contributed by atoms with Gasteiger partial charge < -0.3 is 9.47 Å². The Labute approximate surface area is 287 Å². The van der Waals surface area contributed by atoms with Gasteiger partial charge in [0.15, 0.2) is 5.78 Å². The predicted molar refractivity (Wildman–Crippen MR) is 182 cm³/mol. The maximum absolute atomic E-state index is 13.6. The summed E-state index contributed by atoms with van der Waals surface area (Å²) in [6.45, 7) is 4.55. The molecule has 0 fully saturated rings. The van der Waals surface area contributed by atoms with Gasteiger partial charge in [0.2, 0.25) is 0 Å². The molecule has 0 radical (unpaired) electrons. The van der Waals surface area contributed by atoms with Gasteiger partial charge >= 0.3 is 11.9 Å². The summed E-state index contributed by atoms with van der Waals surface area (Å²) < 4.78 is 10.4. The first-order valence-electron chi connectivity index (χ1n) is 16.3. The Morgan fingerprint density at radius 3 is 1.18 bits per heavy atom. The van der Waals surface area contributed by atoms with Crippen molar-refractivity contribution in [2.45, 2.75) is 39.5 Å². The second-order valence-corrected chi connectivity index (χ2v) is 11.8. The number of benzene rings is 4. The Kier molecular flexibility index (Phi) is 9.49. The fourth-order valence-corrected chi connectivity index (χ4v) is 5.68. The van der Waals surface area contributed by atoms with Crippen molar-refractivity contribution in [1.82, 2.24) is 0 Å². The smallest absolute Gasteiger partial charge is 0.338 e. The molecule has 11 nitrogen and oxygen atoms in total. The number of fused-ring (bicyclic) bond motifs is 2. The molecular formula is C39H32N2O9. The maximum Gasteiger partial charge on any atom is 0.338 e. The van der Waals surface area contributed by atoms with Gasteiger partial charge in [-0.3, -0.25) is 24.0 Å². The van der Waals surface area contributed by atoms with Gasteiger partial charge in [0, 0.05) is 11.1 Å². The third-order valence-corrected chi connectivity index (χ3v) is 8.48. The van der Waals surface area contributed by atoms with Crippen LogP contribution in [-0.4, -0.2) is 54.6 Å². The summed E-state index contributed by atoms with van der Waals surface area (Å²) in [5.41, 5.74) is 1.55. The highest BCUT2D eigenvalue weighted by Crippen LogP contribution is 2.32. The number of nitrogens with zero attached hydrogens (tertiary/aromatic N) is 2. The molecule has 2 heterocycles. The van der Waals surface area contributed by atoms with Crippen LogP contribution in [0.15, 0.2) is 84.9 Å². The molecule has 0 bridgehead atoms. The van der Waals surface area contributed by atoms with Crippen molar-refractivity contribution < 1.29 is 43.0 Å². The van der Waals surface area contributed by atoms with E-state index in [9.17, 15) is 33.6 Å². The monoisotopic (exact) mass is 672 g/mol. The molecule has 0 atom stereocenters. The first-order chi connectivity index (χ1) is 24.1. The lowest BCUT2D eigenvalue weighted by Crippen LogP contribution is -2.29. The molecule has 2 aliphatic rings. The number of amides is 4. The topological polar surface area (TPSA) is 144 Å². The number of anilines is 2. The van der Waals surface area contributed by atoms with Gasteiger partial charge in [0.25, 0.3) is 23.6 Å². The number of ether oxygens (including phenoxy) is 2. The summed E-state index contributed by atoms with van der Waals surface area (Å²) in [7, 11) is 0. The van der Waals surface area contributed by atoms with Crippen molar-refractivity contribution in [2.75, 3.05) is 23.0 Å². The van der Waals surface area contributed by atoms with E-state index in [1.807, 2.05) is 13.8 Å². The number of imide groups is 2. The van der Waals surface area contributed by atoms with Crippen molar-refractivity contribution in [2.24, 2.45) is 0 Å². The molecule has 50 heavy (non-hydrogen) atoms. The highest BCUT2D eigenvalue weighted by Gasteiger charge is 2.39. The lowest BCUT2D eigenvalue weighted by molar-refractivity contribution is 0.0490. The summed E-state index contributed by atoms with van der Waals surface area (Å²) in [4.78, 5) is 93.4. The minimum Gasteiger partial charge on any atom is -0.462 e. The Balaban J connectivity index is 1.18. The Morgan fingerprint density at radius 2 is 0.820 bits per heavy atom. The molecule has 252 valence electrons. The van der Waals surface area contributed by atoms with E-state index in [4.69, 9.17) is 9.47 Å². The number of ketones is 1. The van der Waals surface area contributed by atoms with Crippen LogP contribution >= 0.6 is 0 Å². The van der Waals surface area contributed by atoms with Crippen LogP contribution in [0.25, 0.3) is 0 Å². The van der Waals surface area contributed by atoms with E-state index in [-0.39, 0.29) is 55.9 Å². The summed E-state index contributed by atoms with van der Waals surface area (Å²) in [5.74, 6) is -3.96. The molecule has 0 unspecified atom stereocenters. The van der Waals surface area contributed by atoms with Gasteiger partial charge in [0.05, 0.1) is 58.0 Å². The molecule has 4 aromatic rings. The number of carbonyl (C=O) groups excluding carboxylic acids is 7. The minimum atomic E-state index is -0.636. The SMILES string of the molecule is CCCCOC(=O)c1ccc(N2C(=O)c3ccc(C(=O)c4ccc5c(c4)C(=O)N(c4ccc(C(=O)OCCCC)cc4)C5=O)cc3C2=O)cc1. The molecular weight excluding hydrogens is 640 g/mol. The van der Waals surface area contributed by atoms with Gasteiger partial charge in [-0.1, -0.05) is 38.8 Å². The molecule has 4 amide bonds. The van der Waals surface area contributed by atoms with Crippen molar-refractivity contribution in [3.8, 4) is 0 Å². The molecule has 4 aromatic carbocycles. The van der Waals surface area contributed by atoms with E-state index in [0.29, 0.717) is 13.2 Å². The van der Waals surface area contributed by atoms with Gasteiger partial charge in [-0.05, 0) is 85.6 Å². The third kappa shape index (κ3) is 6.21. The maximum atomic E-state index is 13.6. The number of carbonyl (C=O) groups is 7. The van der Waals surface area contributed by atoms with Crippen LogP contribution in [0.2, 0.25) is 0 Å². The molecule has 2 aliphatic heterocycles. The lowest BCUT2D eigenvalue weighted by Gasteiger charge is -2.14. The van der Waals surface area contributed by atoms with Crippen LogP contribution in [-0.2, 0) is 9.47 Å². The summed E-state index contributed by atoms with van der Waals surface area (Å²) in [6, 6.07) is 20.1. The molecule has 11 heteroatoms. The quantitative estimate of drug-likeness (QED) is 0.0719. The van der Waals surface area contributed by atoms with Crippen molar-refractivity contribution >= 4 is 52.7 Å². The highest BCUT2D eigenvalue weighted by atomic mass is 16.5. The van der Waals surface area contributed by atoms with Crippen molar-refractivity contribution in [1.29, 1.82) is 0 Å². The average molecular weight is 673 g/mol. The fraction of sp³-hybridized carbons (Fsp3) is 0.205. The number of hydrogen-bond acceptors (Lipinski definition) is 9.